The highest BCUT2D eigenvalue weighted by atomic mass is 79.9. The summed E-state index contributed by atoms with van der Waals surface area (Å²) in [4.78, 5) is 28.8. The number of benzene rings is 3. The van der Waals surface area contributed by atoms with Crippen molar-refractivity contribution in [1.82, 2.24) is 10.2 Å². The molecule has 4 nitrogen and oxygen atoms in total. The van der Waals surface area contributed by atoms with Crippen LogP contribution in [-0.4, -0.2) is 28.8 Å². The predicted molar refractivity (Wildman–Crippen MR) is 141 cm³/mol. The SMILES string of the molecule is CC[C@@H](C)NC(=O)[C@@H](Cc1ccccc1)N(Cc1ccc(Br)cc1)C(=O)CCc1ccccc1. The first-order valence-electron chi connectivity index (χ1n) is 11.9. The van der Waals surface area contributed by atoms with Crippen LogP contribution < -0.4 is 5.32 Å². The number of hydrogen-bond acceptors (Lipinski definition) is 2. The van der Waals surface area contributed by atoms with E-state index in [1.165, 1.54) is 0 Å². The second-order valence-corrected chi connectivity index (χ2v) is 9.57. The van der Waals surface area contributed by atoms with Crippen LogP contribution in [-0.2, 0) is 29.0 Å². The van der Waals surface area contributed by atoms with Crippen molar-refractivity contribution >= 4 is 27.7 Å². The van der Waals surface area contributed by atoms with Crippen molar-refractivity contribution in [2.45, 2.75) is 58.2 Å². The third-order valence-corrected chi connectivity index (χ3v) is 6.54. The number of aryl methyl sites for hydroxylation is 1. The van der Waals surface area contributed by atoms with Gasteiger partial charge in [-0.1, -0.05) is 95.7 Å². The maximum Gasteiger partial charge on any atom is 0.243 e. The van der Waals surface area contributed by atoms with E-state index in [1.54, 1.807) is 4.90 Å². The second kappa shape index (κ2) is 13.1. The van der Waals surface area contributed by atoms with Gasteiger partial charge in [-0.15, -0.1) is 0 Å². The van der Waals surface area contributed by atoms with Crippen molar-refractivity contribution in [2.75, 3.05) is 0 Å². The Morgan fingerprint density at radius 1 is 0.853 bits per heavy atom. The number of halogens is 1. The first-order valence-corrected chi connectivity index (χ1v) is 12.7. The Labute approximate surface area is 211 Å². The molecule has 0 saturated carbocycles. The van der Waals surface area contributed by atoms with E-state index in [1.807, 2.05) is 98.8 Å². The number of amides is 2. The topological polar surface area (TPSA) is 49.4 Å². The summed E-state index contributed by atoms with van der Waals surface area (Å²) in [6.45, 7) is 4.42. The van der Waals surface area contributed by atoms with Crippen LogP contribution in [0.15, 0.2) is 89.4 Å². The maximum absolute atomic E-state index is 13.6. The molecule has 5 heteroatoms. The van der Waals surface area contributed by atoms with Gasteiger partial charge in [0, 0.05) is 29.9 Å². The Bertz CT molecular complexity index is 1040. The number of carbonyl (C=O) groups excluding carboxylic acids is 2. The molecule has 0 bridgehead atoms. The number of nitrogens with zero attached hydrogens (tertiary/aromatic N) is 1. The van der Waals surface area contributed by atoms with Crippen LogP contribution in [0.25, 0.3) is 0 Å². The third-order valence-electron chi connectivity index (χ3n) is 6.01. The fourth-order valence-electron chi connectivity index (χ4n) is 3.82. The average Bonchev–Trinajstić information content (AvgIpc) is 2.87. The summed E-state index contributed by atoms with van der Waals surface area (Å²) >= 11 is 3.48. The van der Waals surface area contributed by atoms with E-state index in [2.05, 4.69) is 21.2 Å². The summed E-state index contributed by atoms with van der Waals surface area (Å²) in [5.74, 6) is -0.129. The van der Waals surface area contributed by atoms with Gasteiger partial charge in [0.15, 0.2) is 0 Å². The van der Waals surface area contributed by atoms with E-state index >= 15 is 0 Å². The molecule has 0 radical (unpaired) electrons. The molecule has 0 aliphatic heterocycles. The minimum absolute atomic E-state index is 0.0213. The molecule has 0 unspecified atom stereocenters. The molecular formula is C29H33BrN2O2. The van der Waals surface area contributed by atoms with Crippen LogP contribution in [0.4, 0.5) is 0 Å². The van der Waals surface area contributed by atoms with Gasteiger partial charge in [0.05, 0.1) is 0 Å². The molecule has 2 atom stereocenters. The van der Waals surface area contributed by atoms with Gasteiger partial charge in [-0.25, -0.2) is 0 Å². The summed E-state index contributed by atoms with van der Waals surface area (Å²) in [6.07, 6.45) is 2.29. The van der Waals surface area contributed by atoms with Crippen LogP contribution in [0.2, 0.25) is 0 Å². The normalized spacial score (nSPS) is 12.6. The highest BCUT2D eigenvalue weighted by Gasteiger charge is 2.30. The quantitative estimate of drug-likeness (QED) is 0.340. The zero-order valence-corrected chi connectivity index (χ0v) is 21.5. The summed E-state index contributed by atoms with van der Waals surface area (Å²) in [5.41, 5.74) is 3.14. The Balaban J connectivity index is 1.90. The van der Waals surface area contributed by atoms with Crippen LogP contribution in [0, 0.1) is 0 Å². The van der Waals surface area contributed by atoms with Crippen LogP contribution in [0.1, 0.15) is 43.4 Å². The highest BCUT2D eigenvalue weighted by molar-refractivity contribution is 9.10. The lowest BCUT2D eigenvalue weighted by atomic mass is 10.0. The lowest BCUT2D eigenvalue weighted by Gasteiger charge is -2.32. The largest absolute Gasteiger partial charge is 0.352 e. The predicted octanol–water partition coefficient (Wildman–Crippen LogP) is 5.94. The minimum atomic E-state index is -0.594. The molecular weight excluding hydrogens is 488 g/mol. The van der Waals surface area contributed by atoms with E-state index in [-0.39, 0.29) is 17.9 Å². The van der Waals surface area contributed by atoms with Crippen molar-refractivity contribution < 1.29 is 9.59 Å². The molecule has 3 rings (SSSR count). The average molecular weight is 521 g/mol. The molecule has 0 aliphatic rings. The summed E-state index contributed by atoms with van der Waals surface area (Å²) in [7, 11) is 0. The number of hydrogen-bond donors (Lipinski definition) is 1. The minimum Gasteiger partial charge on any atom is -0.352 e. The van der Waals surface area contributed by atoms with Crippen molar-refractivity contribution in [3.05, 3.63) is 106 Å². The Morgan fingerprint density at radius 3 is 2.03 bits per heavy atom. The molecule has 178 valence electrons. The van der Waals surface area contributed by atoms with Gasteiger partial charge in [-0.2, -0.15) is 0 Å². The van der Waals surface area contributed by atoms with Crippen LogP contribution in [0.3, 0.4) is 0 Å². The van der Waals surface area contributed by atoms with Gasteiger partial charge in [-0.05, 0) is 48.6 Å². The first kappa shape index (κ1) is 25.7. The molecule has 2 amide bonds. The van der Waals surface area contributed by atoms with Crippen LogP contribution >= 0.6 is 15.9 Å². The van der Waals surface area contributed by atoms with Gasteiger partial charge >= 0.3 is 0 Å². The maximum atomic E-state index is 13.6. The molecule has 34 heavy (non-hydrogen) atoms. The molecule has 3 aromatic carbocycles. The number of nitrogens with one attached hydrogen (secondary N) is 1. The Kier molecular flexibility index (Phi) is 9.89. The molecule has 3 aromatic rings. The van der Waals surface area contributed by atoms with Gasteiger partial charge in [0.1, 0.15) is 6.04 Å². The number of rotatable bonds is 11. The highest BCUT2D eigenvalue weighted by Crippen LogP contribution is 2.19. The van der Waals surface area contributed by atoms with Gasteiger partial charge in [-0.3, -0.25) is 9.59 Å². The van der Waals surface area contributed by atoms with E-state index in [0.717, 1.165) is 27.6 Å². The van der Waals surface area contributed by atoms with Crippen LogP contribution in [0.5, 0.6) is 0 Å². The zero-order chi connectivity index (χ0) is 24.3. The molecule has 0 heterocycles. The Morgan fingerprint density at radius 2 is 1.44 bits per heavy atom. The van der Waals surface area contributed by atoms with E-state index in [0.29, 0.717) is 25.8 Å². The van der Waals surface area contributed by atoms with Crippen molar-refractivity contribution in [3.63, 3.8) is 0 Å². The fraction of sp³-hybridized carbons (Fsp3) is 0.310. The zero-order valence-electron chi connectivity index (χ0n) is 19.9. The standard InChI is InChI=1S/C29H33BrN2O2/c1-3-22(2)31-29(34)27(20-24-12-8-5-9-13-24)32(21-25-14-17-26(30)18-15-25)28(33)19-16-23-10-6-4-7-11-23/h4-15,17-18,22,27H,3,16,19-21H2,1-2H3,(H,31,34)/t22-,27-/m1/s1. The fourth-order valence-corrected chi connectivity index (χ4v) is 4.09. The summed E-state index contributed by atoms with van der Waals surface area (Å²) < 4.78 is 0.980. The third kappa shape index (κ3) is 7.84. The smallest absolute Gasteiger partial charge is 0.243 e. The van der Waals surface area contributed by atoms with Crippen molar-refractivity contribution in [1.29, 1.82) is 0 Å². The lowest BCUT2D eigenvalue weighted by Crippen LogP contribution is -2.52. The molecule has 0 fully saturated rings. The van der Waals surface area contributed by atoms with Gasteiger partial charge < -0.3 is 10.2 Å². The molecule has 1 N–H and O–H groups in total. The molecule has 0 aromatic heterocycles. The number of carbonyl (C=O) groups is 2. The van der Waals surface area contributed by atoms with Crippen molar-refractivity contribution in [2.24, 2.45) is 0 Å². The van der Waals surface area contributed by atoms with Gasteiger partial charge in [0.25, 0.3) is 0 Å². The van der Waals surface area contributed by atoms with Gasteiger partial charge in [0.2, 0.25) is 11.8 Å². The van der Waals surface area contributed by atoms with E-state index < -0.39 is 6.04 Å². The molecule has 0 spiro atoms. The molecule has 0 aliphatic carbocycles. The first-order chi connectivity index (χ1) is 16.5. The van der Waals surface area contributed by atoms with Crippen molar-refractivity contribution in [3.8, 4) is 0 Å². The van der Waals surface area contributed by atoms with E-state index in [4.69, 9.17) is 0 Å². The lowest BCUT2D eigenvalue weighted by molar-refractivity contribution is -0.141. The summed E-state index contributed by atoms with van der Waals surface area (Å²) in [5, 5.41) is 3.11. The molecule has 0 saturated heterocycles. The summed E-state index contributed by atoms with van der Waals surface area (Å²) in [6, 6.07) is 27.3. The monoisotopic (exact) mass is 520 g/mol. The van der Waals surface area contributed by atoms with E-state index in [9.17, 15) is 9.59 Å². The second-order valence-electron chi connectivity index (χ2n) is 8.66. The Hall–Kier alpha value is -2.92.